The topological polar surface area (TPSA) is 77.8 Å². The molecule has 0 unspecified atom stereocenters. The van der Waals surface area contributed by atoms with Gasteiger partial charge in [-0.05, 0) is 59.4 Å². The van der Waals surface area contributed by atoms with Crippen molar-refractivity contribution in [3.05, 3.63) is 22.5 Å². The second-order valence-electron chi connectivity index (χ2n) is 7.76. The van der Waals surface area contributed by atoms with Crippen molar-refractivity contribution in [2.45, 2.75) is 66.8 Å². The van der Waals surface area contributed by atoms with Crippen LogP contribution in [0.15, 0.2) is 0 Å². The maximum Gasteiger partial charge on any atom is 0.355 e. The molecule has 2 rings (SSSR count). The van der Waals surface area contributed by atoms with Crippen LogP contribution in [0.1, 0.15) is 78.6 Å². The average molecular weight is 421 g/mol. The van der Waals surface area contributed by atoms with E-state index in [0.29, 0.717) is 49.5 Å². The van der Waals surface area contributed by atoms with E-state index < -0.39 is 5.97 Å². The van der Waals surface area contributed by atoms with Crippen molar-refractivity contribution in [2.24, 2.45) is 5.92 Å². The van der Waals surface area contributed by atoms with E-state index in [2.05, 4.69) is 0 Å². The van der Waals surface area contributed by atoms with E-state index in [1.54, 1.807) is 18.7 Å². The summed E-state index contributed by atoms with van der Waals surface area (Å²) in [6.45, 7) is 11.8. The molecule has 7 heteroatoms. The van der Waals surface area contributed by atoms with Gasteiger partial charge in [0.1, 0.15) is 5.69 Å². The third-order valence-corrected chi connectivity index (χ3v) is 5.85. The zero-order valence-electron chi connectivity index (χ0n) is 19.1. The zero-order valence-corrected chi connectivity index (χ0v) is 19.1. The van der Waals surface area contributed by atoms with E-state index in [0.717, 1.165) is 25.0 Å². The molecule has 1 aliphatic rings. The van der Waals surface area contributed by atoms with Crippen molar-refractivity contribution >= 4 is 17.7 Å². The lowest BCUT2D eigenvalue weighted by molar-refractivity contribution is -0.137. The van der Waals surface area contributed by atoms with E-state index in [4.69, 9.17) is 9.47 Å². The Morgan fingerprint density at radius 3 is 2.33 bits per heavy atom. The second kappa shape index (κ2) is 11.3. The van der Waals surface area contributed by atoms with Gasteiger partial charge in [-0.1, -0.05) is 6.42 Å². The van der Waals surface area contributed by atoms with Crippen LogP contribution in [0, 0.1) is 19.8 Å². The van der Waals surface area contributed by atoms with E-state index in [9.17, 15) is 14.4 Å². The molecule has 30 heavy (non-hydrogen) atoms. The van der Waals surface area contributed by atoms with Gasteiger partial charge < -0.3 is 18.9 Å². The van der Waals surface area contributed by atoms with Gasteiger partial charge in [-0.25, -0.2) is 4.79 Å². The summed E-state index contributed by atoms with van der Waals surface area (Å²) in [5.74, 6) is -0.464. The minimum atomic E-state index is -0.418. The Morgan fingerprint density at radius 1 is 1.10 bits per heavy atom. The Kier molecular flexibility index (Phi) is 9.08. The van der Waals surface area contributed by atoms with E-state index >= 15 is 0 Å². The largest absolute Gasteiger partial charge is 0.461 e. The molecule has 1 aromatic rings. The number of hydrogen-bond donors (Lipinski definition) is 0. The van der Waals surface area contributed by atoms with Crippen LogP contribution in [0.4, 0.5) is 0 Å². The van der Waals surface area contributed by atoms with Gasteiger partial charge in [0.2, 0.25) is 5.91 Å². The number of esters is 1. The summed E-state index contributed by atoms with van der Waals surface area (Å²) in [5.41, 5.74) is 2.32. The number of nitrogens with zero attached hydrogens (tertiary/aromatic N) is 2. The van der Waals surface area contributed by atoms with Crippen molar-refractivity contribution in [3.8, 4) is 0 Å². The molecule has 1 saturated carbocycles. The van der Waals surface area contributed by atoms with Crippen molar-refractivity contribution in [3.63, 3.8) is 0 Å². The Morgan fingerprint density at radius 2 is 1.80 bits per heavy atom. The van der Waals surface area contributed by atoms with Crippen LogP contribution >= 0.6 is 0 Å². The molecular weight excluding hydrogens is 384 g/mol. The number of amides is 1. The number of carbonyl (C=O) groups is 3. The van der Waals surface area contributed by atoms with Gasteiger partial charge in [-0.15, -0.1) is 0 Å². The first-order chi connectivity index (χ1) is 14.4. The summed E-state index contributed by atoms with van der Waals surface area (Å²) < 4.78 is 12.4. The lowest BCUT2D eigenvalue weighted by atomic mass is 9.84. The first-order valence-corrected chi connectivity index (χ1v) is 11.1. The van der Waals surface area contributed by atoms with Gasteiger partial charge in [0, 0.05) is 43.5 Å². The van der Waals surface area contributed by atoms with Crippen LogP contribution in [-0.4, -0.2) is 60.0 Å². The van der Waals surface area contributed by atoms with Crippen molar-refractivity contribution in [1.82, 2.24) is 9.47 Å². The predicted octanol–water partition coefficient (Wildman–Crippen LogP) is 3.54. The fourth-order valence-electron chi connectivity index (χ4n) is 4.10. The minimum absolute atomic E-state index is 0.0269. The fourth-order valence-corrected chi connectivity index (χ4v) is 4.10. The van der Waals surface area contributed by atoms with Gasteiger partial charge in [-0.2, -0.15) is 0 Å². The van der Waals surface area contributed by atoms with Gasteiger partial charge >= 0.3 is 5.97 Å². The molecule has 0 aliphatic heterocycles. The fraction of sp³-hybridized carbons (Fsp3) is 0.696. The zero-order chi connectivity index (χ0) is 22.3. The standard InChI is InChI=1S/C23H36N2O5/c1-6-25-17(5)20(16(4)21(25)23(28)30-8-3)19(26)15-24(13-10-14-29-7-2)22(27)18-11-9-12-18/h18H,6-15H2,1-5H3. The van der Waals surface area contributed by atoms with Crippen LogP contribution in [0.25, 0.3) is 0 Å². The molecule has 0 spiro atoms. The third-order valence-electron chi connectivity index (χ3n) is 5.85. The number of Topliss-reactive ketones (excluding diaryl/α,β-unsaturated/α-hetero) is 1. The first-order valence-electron chi connectivity index (χ1n) is 11.1. The molecule has 1 fully saturated rings. The number of aromatic nitrogens is 1. The lowest BCUT2D eigenvalue weighted by Gasteiger charge is -2.31. The molecular formula is C23H36N2O5. The molecule has 1 aromatic heterocycles. The molecule has 168 valence electrons. The van der Waals surface area contributed by atoms with Crippen LogP contribution < -0.4 is 0 Å². The Hall–Kier alpha value is -2.15. The molecule has 0 N–H and O–H groups in total. The summed E-state index contributed by atoms with van der Waals surface area (Å²) in [6.07, 6.45) is 3.55. The van der Waals surface area contributed by atoms with Crippen molar-refractivity contribution < 1.29 is 23.9 Å². The van der Waals surface area contributed by atoms with Crippen molar-refractivity contribution in [1.29, 1.82) is 0 Å². The van der Waals surface area contributed by atoms with E-state index in [1.807, 2.05) is 25.3 Å². The summed E-state index contributed by atoms with van der Waals surface area (Å²) in [6, 6.07) is 0. The van der Waals surface area contributed by atoms with Gasteiger partial charge in [0.05, 0.1) is 13.2 Å². The average Bonchev–Trinajstić information content (AvgIpc) is 2.92. The SMILES string of the molecule is CCOCCCN(CC(=O)c1c(C)c(C(=O)OCC)n(CC)c1C)C(=O)C1CCC1. The Labute approximate surface area is 179 Å². The van der Waals surface area contributed by atoms with E-state index in [1.165, 1.54) is 0 Å². The van der Waals surface area contributed by atoms with E-state index in [-0.39, 0.29) is 30.8 Å². The molecule has 1 aliphatic carbocycles. The second-order valence-corrected chi connectivity index (χ2v) is 7.76. The van der Waals surface area contributed by atoms with Crippen LogP contribution in [0.3, 0.4) is 0 Å². The number of hydrogen-bond acceptors (Lipinski definition) is 5. The summed E-state index contributed by atoms with van der Waals surface area (Å²) >= 11 is 0. The highest BCUT2D eigenvalue weighted by Gasteiger charge is 2.32. The quantitative estimate of drug-likeness (QED) is 0.294. The minimum Gasteiger partial charge on any atom is -0.461 e. The smallest absolute Gasteiger partial charge is 0.355 e. The molecule has 1 amide bonds. The molecule has 0 saturated heterocycles. The Bertz CT molecular complexity index is 764. The monoisotopic (exact) mass is 420 g/mol. The molecule has 0 aromatic carbocycles. The third kappa shape index (κ3) is 5.31. The maximum absolute atomic E-state index is 13.3. The highest BCUT2D eigenvalue weighted by molar-refractivity contribution is 6.04. The van der Waals surface area contributed by atoms with Gasteiger partial charge in [0.15, 0.2) is 5.78 Å². The molecule has 1 heterocycles. The maximum atomic E-state index is 13.3. The molecule has 0 radical (unpaired) electrons. The summed E-state index contributed by atoms with van der Waals surface area (Å²) in [4.78, 5) is 40.3. The van der Waals surface area contributed by atoms with Crippen LogP contribution in [0.2, 0.25) is 0 Å². The number of rotatable bonds is 12. The number of ketones is 1. The molecule has 7 nitrogen and oxygen atoms in total. The number of ether oxygens (including phenoxy) is 2. The van der Waals surface area contributed by atoms with Gasteiger partial charge in [0.25, 0.3) is 0 Å². The lowest BCUT2D eigenvalue weighted by Crippen LogP contribution is -2.42. The summed E-state index contributed by atoms with van der Waals surface area (Å²) in [7, 11) is 0. The highest BCUT2D eigenvalue weighted by atomic mass is 16.5. The predicted molar refractivity (Wildman–Crippen MR) is 115 cm³/mol. The Balaban J connectivity index is 2.25. The first kappa shape index (κ1) is 24.1. The van der Waals surface area contributed by atoms with Gasteiger partial charge in [-0.3, -0.25) is 9.59 Å². The normalized spacial score (nSPS) is 13.8. The highest BCUT2D eigenvalue weighted by Crippen LogP contribution is 2.29. The van der Waals surface area contributed by atoms with Crippen LogP contribution in [-0.2, 0) is 20.8 Å². The number of carbonyl (C=O) groups excluding carboxylic acids is 3. The molecule has 0 bridgehead atoms. The van der Waals surface area contributed by atoms with Crippen molar-refractivity contribution in [2.75, 3.05) is 32.9 Å². The summed E-state index contributed by atoms with van der Waals surface area (Å²) in [5, 5.41) is 0. The van der Waals surface area contributed by atoms with Crippen LogP contribution in [0.5, 0.6) is 0 Å². The molecule has 0 atom stereocenters.